The van der Waals surface area contributed by atoms with E-state index in [4.69, 9.17) is 4.74 Å². The van der Waals surface area contributed by atoms with E-state index < -0.39 is 0 Å². The highest BCUT2D eigenvalue weighted by Gasteiger charge is 1.98. The van der Waals surface area contributed by atoms with Gasteiger partial charge in [0, 0.05) is 30.1 Å². The van der Waals surface area contributed by atoms with Crippen molar-refractivity contribution in [3.8, 4) is 5.88 Å². The standard InChI is InChI=1S/C15H20N2OS/c1-2-8-16-11-13-5-6-15(17-12-13)18-9-7-14-4-3-10-19-14/h3-6,10,12,16H,2,7-9,11H2,1H3. The molecule has 2 rings (SSSR count). The first-order valence-electron chi connectivity index (χ1n) is 6.69. The van der Waals surface area contributed by atoms with Crippen molar-refractivity contribution in [3.05, 3.63) is 46.3 Å². The molecule has 102 valence electrons. The zero-order chi connectivity index (χ0) is 13.3. The number of nitrogens with zero attached hydrogens (tertiary/aromatic N) is 1. The zero-order valence-electron chi connectivity index (χ0n) is 11.3. The predicted octanol–water partition coefficient (Wildman–Crippen LogP) is 3.26. The predicted molar refractivity (Wildman–Crippen MR) is 79.8 cm³/mol. The summed E-state index contributed by atoms with van der Waals surface area (Å²) < 4.78 is 5.64. The molecule has 0 radical (unpaired) electrons. The molecule has 2 heterocycles. The van der Waals surface area contributed by atoms with E-state index in [1.165, 1.54) is 10.4 Å². The van der Waals surface area contributed by atoms with Crippen LogP contribution in [-0.4, -0.2) is 18.1 Å². The Bertz CT molecular complexity index is 454. The summed E-state index contributed by atoms with van der Waals surface area (Å²) in [6, 6.07) is 8.20. The Balaban J connectivity index is 1.72. The Morgan fingerprint density at radius 3 is 2.95 bits per heavy atom. The summed E-state index contributed by atoms with van der Waals surface area (Å²) in [6.07, 6.45) is 3.97. The Kier molecular flexibility index (Phi) is 5.85. The van der Waals surface area contributed by atoms with Gasteiger partial charge in [0.15, 0.2) is 0 Å². The van der Waals surface area contributed by atoms with E-state index in [0.717, 1.165) is 25.9 Å². The van der Waals surface area contributed by atoms with Crippen molar-refractivity contribution in [2.45, 2.75) is 26.3 Å². The first-order valence-corrected chi connectivity index (χ1v) is 7.57. The van der Waals surface area contributed by atoms with Crippen molar-refractivity contribution in [2.75, 3.05) is 13.2 Å². The summed E-state index contributed by atoms with van der Waals surface area (Å²) in [5.41, 5.74) is 1.19. The maximum Gasteiger partial charge on any atom is 0.213 e. The van der Waals surface area contributed by atoms with Crippen LogP contribution in [0.5, 0.6) is 5.88 Å². The first-order chi connectivity index (χ1) is 9.38. The molecule has 4 heteroatoms. The molecule has 1 N–H and O–H groups in total. The molecule has 0 amide bonds. The molecule has 0 aliphatic carbocycles. The van der Waals surface area contributed by atoms with Crippen LogP contribution in [0.15, 0.2) is 35.8 Å². The Morgan fingerprint density at radius 2 is 2.26 bits per heavy atom. The molecule has 0 spiro atoms. The number of thiophene rings is 1. The largest absolute Gasteiger partial charge is 0.477 e. The van der Waals surface area contributed by atoms with Crippen LogP contribution in [0.1, 0.15) is 23.8 Å². The van der Waals surface area contributed by atoms with Crippen LogP contribution in [0.4, 0.5) is 0 Å². The van der Waals surface area contributed by atoms with Crippen LogP contribution in [-0.2, 0) is 13.0 Å². The summed E-state index contributed by atoms with van der Waals surface area (Å²) in [5, 5.41) is 5.44. The van der Waals surface area contributed by atoms with Crippen LogP contribution in [0.2, 0.25) is 0 Å². The minimum absolute atomic E-state index is 0.681. The van der Waals surface area contributed by atoms with Crippen molar-refractivity contribution in [1.29, 1.82) is 0 Å². The highest BCUT2D eigenvalue weighted by Crippen LogP contribution is 2.11. The zero-order valence-corrected chi connectivity index (χ0v) is 12.1. The van der Waals surface area contributed by atoms with Crippen molar-refractivity contribution in [1.82, 2.24) is 10.3 Å². The van der Waals surface area contributed by atoms with Crippen molar-refractivity contribution >= 4 is 11.3 Å². The number of rotatable bonds is 8. The number of nitrogens with one attached hydrogen (secondary N) is 1. The van der Waals surface area contributed by atoms with Gasteiger partial charge in [-0.1, -0.05) is 19.1 Å². The average Bonchev–Trinajstić information content (AvgIpc) is 2.94. The molecular formula is C15H20N2OS. The van der Waals surface area contributed by atoms with Gasteiger partial charge in [0.25, 0.3) is 0 Å². The molecule has 3 nitrogen and oxygen atoms in total. The average molecular weight is 276 g/mol. The van der Waals surface area contributed by atoms with E-state index in [9.17, 15) is 0 Å². The molecule has 0 aliphatic rings. The van der Waals surface area contributed by atoms with Gasteiger partial charge < -0.3 is 10.1 Å². The van der Waals surface area contributed by atoms with Crippen molar-refractivity contribution < 1.29 is 4.74 Å². The molecular weight excluding hydrogens is 256 g/mol. The van der Waals surface area contributed by atoms with Gasteiger partial charge in [-0.2, -0.15) is 0 Å². The molecule has 2 aromatic rings. The van der Waals surface area contributed by atoms with Crippen molar-refractivity contribution in [3.63, 3.8) is 0 Å². The second-order valence-electron chi connectivity index (χ2n) is 4.36. The lowest BCUT2D eigenvalue weighted by Crippen LogP contribution is -2.13. The number of hydrogen-bond donors (Lipinski definition) is 1. The van der Waals surface area contributed by atoms with E-state index in [2.05, 4.69) is 40.8 Å². The van der Waals surface area contributed by atoms with Gasteiger partial charge in [-0.3, -0.25) is 0 Å². The van der Waals surface area contributed by atoms with Gasteiger partial charge in [-0.25, -0.2) is 4.98 Å². The summed E-state index contributed by atoms with van der Waals surface area (Å²) >= 11 is 1.76. The Morgan fingerprint density at radius 1 is 1.32 bits per heavy atom. The van der Waals surface area contributed by atoms with Gasteiger partial charge in [-0.15, -0.1) is 11.3 Å². The molecule has 0 fully saturated rings. The second-order valence-corrected chi connectivity index (χ2v) is 5.39. The molecule has 0 unspecified atom stereocenters. The third kappa shape index (κ3) is 5.01. The highest BCUT2D eigenvalue weighted by molar-refractivity contribution is 7.09. The fraction of sp³-hybridized carbons (Fsp3) is 0.400. The number of hydrogen-bond acceptors (Lipinski definition) is 4. The molecule has 0 aromatic carbocycles. The highest BCUT2D eigenvalue weighted by atomic mass is 32.1. The van der Waals surface area contributed by atoms with Crippen LogP contribution in [0.3, 0.4) is 0 Å². The summed E-state index contributed by atoms with van der Waals surface area (Å²) in [4.78, 5) is 5.67. The molecule has 0 atom stereocenters. The van der Waals surface area contributed by atoms with E-state index in [0.29, 0.717) is 12.5 Å². The third-order valence-electron chi connectivity index (χ3n) is 2.73. The number of pyridine rings is 1. The lowest BCUT2D eigenvalue weighted by atomic mass is 10.3. The quantitative estimate of drug-likeness (QED) is 0.751. The Hall–Kier alpha value is -1.39. The third-order valence-corrected chi connectivity index (χ3v) is 3.67. The number of aromatic nitrogens is 1. The van der Waals surface area contributed by atoms with Gasteiger partial charge in [0.05, 0.1) is 6.61 Å². The molecule has 0 aliphatic heterocycles. The number of ether oxygens (including phenoxy) is 1. The van der Waals surface area contributed by atoms with Crippen molar-refractivity contribution in [2.24, 2.45) is 0 Å². The molecule has 0 saturated heterocycles. The van der Waals surface area contributed by atoms with Crippen LogP contribution in [0, 0.1) is 0 Å². The lowest BCUT2D eigenvalue weighted by Gasteiger charge is -2.06. The maximum atomic E-state index is 5.64. The second kappa shape index (κ2) is 7.92. The van der Waals surface area contributed by atoms with Crippen LogP contribution in [0.25, 0.3) is 0 Å². The van der Waals surface area contributed by atoms with E-state index in [1.54, 1.807) is 11.3 Å². The van der Waals surface area contributed by atoms with Gasteiger partial charge in [0.1, 0.15) is 0 Å². The van der Waals surface area contributed by atoms with Crippen LogP contribution >= 0.6 is 11.3 Å². The fourth-order valence-corrected chi connectivity index (χ4v) is 2.41. The minimum Gasteiger partial charge on any atom is -0.477 e. The van der Waals surface area contributed by atoms with Crippen LogP contribution < -0.4 is 10.1 Å². The Labute approximate surface area is 118 Å². The molecule has 0 saturated carbocycles. The minimum atomic E-state index is 0.681. The fourth-order valence-electron chi connectivity index (χ4n) is 1.72. The van der Waals surface area contributed by atoms with E-state index in [-0.39, 0.29) is 0 Å². The smallest absolute Gasteiger partial charge is 0.213 e. The molecule has 19 heavy (non-hydrogen) atoms. The topological polar surface area (TPSA) is 34.1 Å². The van der Waals surface area contributed by atoms with E-state index in [1.807, 2.05) is 12.3 Å². The summed E-state index contributed by atoms with van der Waals surface area (Å²) in [7, 11) is 0. The van der Waals surface area contributed by atoms with E-state index >= 15 is 0 Å². The first kappa shape index (κ1) is 14.0. The SMILES string of the molecule is CCCNCc1ccc(OCCc2cccs2)nc1. The van der Waals surface area contributed by atoms with Gasteiger partial charge in [-0.05, 0) is 30.0 Å². The summed E-state index contributed by atoms with van der Waals surface area (Å²) in [6.45, 7) is 4.76. The summed E-state index contributed by atoms with van der Waals surface area (Å²) in [5.74, 6) is 0.704. The molecule has 0 bridgehead atoms. The maximum absolute atomic E-state index is 5.64. The normalized spacial score (nSPS) is 10.6. The molecule has 2 aromatic heterocycles. The monoisotopic (exact) mass is 276 g/mol. The van der Waals surface area contributed by atoms with Gasteiger partial charge in [0.2, 0.25) is 5.88 Å². The lowest BCUT2D eigenvalue weighted by molar-refractivity contribution is 0.310. The van der Waals surface area contributed by atoms with Gasteiger partial charge >= 0.3 is 0 Å².